The van der Waals surface area contributed by atoms with Crippen LogP contribution in [0.3, 0.4) is 0 Å². The Morgan fingerprint density at radius 2 is 2.04 bits per heavy atom. The SMILES string of the molecule is CNC(=O)C1CN(C(=O)c2nn(C)c3ccccc23)Cc2ccnn21. The quantitative estimate of drug-likeness (QED) is 0.746. The monoisotopic (exact) mass is 338 g/mol. The molecule has 25 heavy (non-hydrogen) atoms. The average Bonchev–Trinajstić information content (AvgIpc) is 3.24. The normalized spacial score (nSPS) is 16.7. The smallest absolute Gasteiger partial charge is 0.275 e. The van der Waals surface area contributed by atoms with Crippen molar-refractivity contribution >= 4 is 22.7 Å². The van der Waals surface area contributed by atoms with E-state index in [1.54, 1.807) is 27.5 Å². The summed E-state index contributed by atoms with van der Waals surface area (Å²) >= 11 is 0. The summed E-state index contributed by atoms with van der Waals surface area (Å²) in [5.74, 6) is -0.355. The Labute approximate surface area is 144 Å². The summed E-state index contributed by atoms with van der Waals surface area (Å²) in [6, 6.07) is 8.91. The van der Waals surface area contributed by atoms with Crippen molar-refractivity contribution < 1.29 is 9.59 Å². The fourth-order valence-corrected chi connectivity index (χ4v) is 3.33. The summed E-state index contributed by atoms with van der Waals surface area (Å²) in [5.41, 5.74) is 2.13. The number of rotatable bonds is 2. The highest BCUT2D eigenvalue weighted by Gasteiger charge is 2.34. The predicted octanol–water partition coefficient (Wildman–Crippen LogP) is 0.713. The summed E-state index contributed by atoms with van der Waals surface area (Å²) in [4.78, 5) is 27.0. The number of carbonyl (C=O) groups excluding carboxylic acids is 2. The molecule has 4 rings (SSSR count). The van der Waals surface area contributed by atoms with E-state index in [9.17, 15) is 9.59 Å². The van der Waals surface area contributed by atoms with Crippen molar-refractivity contribution in [1.82, 2.24) is 29.8 Å². The minimum absolute atomic E-state index is 0.173. The highest BCUT2D eigenvalue weighted by Crippen LogP contribution is 2.24. The fraction of sp³-hybridized carbons (Fsp3) is 0.294. The maximum absolute atomic E-state index is 13.1. The zero-order chi connectivity index (χ0) is 17.6. The maximum atomic E-state index is 13.1. The lowest BCUT2D eigenvalue weighted by Gasteiger charge is -2.32. The Hall–Kier alpha value is -3.16. The van der Waals surface area contributed by atoms with Crippen LogP contribution in [-0.2, 0) is 18.4 Å². The molecule has 0 fully saturated rings. The van der Waals surface area contributed by atoms with Crippen molar-refractivity contribution in [3.8, 4) is 0 Å². The first-order valence-corrected chi connectivity index (χ1v) is 8.05. The maximum Gasteiger partial charge on any atom is 0.275 e. The second-order valence-corrected chi connectivity index (χ2v) is 6.07. The van der Waals surface area contributed by atoms with Crippen molar-refractivity contribution in [1.29, 1.82) is 0 Å². The van der Waals surface area contributed by atoms with Gasteiger partial charge in [-0.3, -0.25) is 19.0 Å². The van der Waals surface area contributed by atoms with Crippen LogP contribution in [0.5, 0.6) is 0 Å². The molecule has 8 heteroatoms. The summed E-state index contributed by atoms with van der Waals surface area (Å²) in [7, 11) is 3.40. The van der Waals surface area contributed by atoms with Crippen molar-refractivity contribution in [3.63, 3.8) is 0 Å². The molecule has 2 aromatic heterocycles. The molecule has 2 amide bonds. The second kappa shape index (κ2) is 5.73. The number of nitrogens with one attached hydrogen (secondary N) is 1. The number of likely N-dealkylation sites (N-methyl/N-ethyl adjacent to an activating group) is 1. The third kappa shape index (κ3) is 2.37. The van der Waals surface area contributed by atoms with Crippen LogP contribution in [-0.4, -0.2) is 49.9 Å². The summed E-state index contributed by atoms with van der Waals surface area (Å²) in [5, 5.41) is 12.1. The lowest BCUT2D eigenvalue weighted by Crippen LogP contribution is -2.46. The molecule has 128 valence electrons. The van der Waals surface area contributed by atoms with Crippen LogP contribution in [0.1, 0.15) is 22.2 Å². The molecule has 0 bridgehead atoms. The Morgan fingerprint density at radius 3 is 2.84 bits per heavy atom. The van der Waals surface area contributed by atoms with Gasteiger partial charge < -0.3 is 10.2 Å². The van der Waals surface area contributed by atoms with Crippen LogP contribution in [0.2, 0.25) is 0 Å². The zero-order valence-electron chi connectivity index (χ0n) is 14.0. The van der Waals surface area contributed by atoms with Gasteiger partial charge in [-0.1, -0.05) is 18.2 Å². The number of amides is 2. The van der Waals surface area contributed by atoms with Gasteiger partial charge in [0.05, 0.1) is 24.3 Å². The van der Waals surface area contributed by atoms with Gasteiger partial charge in [-0.2, -0.15) is 10.2 Å². The number of hydrogen-bond donors (Lipinski definition) is 1. The number of nitrogens with zero attached hydrogens (tertiary/aromatic N) is 5. The van der Waals surface area contributed by atoms with Crippen LogP contribution in [0, 0.1) is 0 Å². The zero-order valence-corrected chi connectivity index (χ0v) is 14.0. The van der Waals surface area contributed by atoms with Gasteiger partial charge in [0, 0.05) is 25.7 Å². The third-order valence-electron chi connectivity index (χ3n) is 4.59. The Balaban J connectivity index is 1.72. The van der Waals surface area contributed by atoms with E-state index in [1.165, 1.54) is 0 Å². The minimum atomic E-state index is -0.539. The number of hydrogen-bond acceptors (Lipinski definition) is 4. The average molecular weight is 338 g/mol. The molecule has 8 nitrogen and oxygen atoms in total. The van der Waals surface area contributed by atoms with E-state index in [4.69, 9.17) is 0 Å². The minimum Gasteiger partial charge on any atom is -0.357 e. The molecule has 3 heterocycles. The van der Waals surface area contributed by atoms with Crippen LogP contribution in [0.4, 0.5) is 0 Å². The summed E-state index contributed by atoms with van der Waals surface area (Å²) in [6.45, 7) is 0.662. The molecule has 3 aromatic rings. The van der Waals surface area contributed by atoms with E-state index in [-0.39, 0.29) is 18.4 Å². The van der Waals surface area contributed by atoms with Gasteiger partial charge in [0.2, 0.25) is 5.91 Å². The first-order valence-electron chi connectivity index (χ1n) is 8.05. The first-order chi connectivity index (χ1) is 12.1. The largest absolute Gasteiger partial charge is 0.357 e. The van der Waals surface area contributed by atoms with E-state index < -0.39 is 6.04 Å². The van der Waals surface area contributed by atoms with Crippen LogP contribution in [0.15, 0.2) is 36.5 Å². The third-order valence-corrected chi connectivity index (χ3v) is 4.59. The molecule has 0 saturated heterocycles. The molecule has 1 N–H and O–H groups in total. The number of aromatic nitrogens is 4. The lowest BCUT2D eigenvalue weighted by molar-refractivity contribution is -0.125. The molecule has 1 atom stereocenters. The number of aryl methyl sites for hydroxylation is 1. The van der Waals surface area contributed by atoms with E-state index >= 15 is 0 Å². The molecule has 1 aromatic carbocycles. The van der Waals surface area contributed by atoms with E-state index in [0.29, 0.717) is 12.2 Å². The molecule has 0 spiro atoms. The lowest BCUT2D eigenvalue weighted by atomic mass is 10.1. The molecule has 1 unspecified atom stereocenters. The van der Waals surface area contributed by atoms with Crippen LogP contribution in [0.25, 0.3) is 10.9 Å². The van der Waals surface area contributed by atoms with Gasteiger partial charge in [0.25, 0.3) is 5.91 Å². The van der Waals surface area contributed by atoms with Crippen molar-refractivity contribution in [2.75, 3.05) is 13.6 Å². The molecule has 1 aliphatic rings. The number of carbonyl (C=O) groups is 2. The molecule has 0 saturated carbocycles. The second-order valence-electron chi connectivity index (χ2n) is 6.07. The fourth-order valence-electron chi connectivity index (χ4n) is 3.33. The van der Waals surface area contributed by atoms with Crippen molar-refractivity contribution in [3.05, 3.63) is 47.9 Å². The van der Waals surface area contributed by atoms with Gasteiger partial charge >= 0.3 is 0 Å². The van der Waals surface area contributed by atoms with E-state index in [2.05, 4.69) is 15.5 Å². The summed E-state index contributed by atoms with van der Waals surface area (Å²) < 4.78 is 3.38. The van der Waals surface area contributed by atoms with Crippen molar-refractivity contribution in [2.24, 2.45) is 7.05 Å². The van der Waals surface area contributed by atoms with E-state index in [1.807, 2.05) is 37.4 Å². The molecular weight excluding hydrogens is 320 g/mol. The molecule has 1 aliphatic heterocycles. The predicted molar refractivity (Wildman–Crippen MR) is 90.8 cm³/mol. The van der Waals surface area contributed by atoms with Gasteiger partial charge in [-0.25, -0.2) is 0 Å². The standard InChI is InChI=1S/C17H18N6O2/c1-18-16(24)14-10-22(9-11-7-8-19-23(11)14)17(25)15-12-5-3-4-6-13(12)21(2)20-15/h3-8,14H,9-10H2,1-2H3,(H,18,24). The van der Waals surface area contributed by atoms with Gasteiger partial charge in [-0.15, -0.1) is 0 Å². The van der Waals surface area contributed by atoms with Gasteiger partial charge in [-0.05, 0) is 12.1 Å². The van der Waals surface area contributed by atoms with Crippen molar-refractivity contribution in [2.45, 2.75) is 12.6 Å². The summed E-state index contributed by atoms with van der Waals surface area (Å²) in [6.07, 6.45) is 1.65. The van der Waals surface area contributed by atoms with Gasteiger partial charge in [0.1, 0.15) is 6.04 Å². The topological polar surface area (TPSA) is 85.1 Å². The Morgan fingerprint density at radius 1 is 1.24 bits per heavy atom. The highest BCUT2D eigenvalue weighted by molar-refractivity contribution is 6.05. The van der Waals surface area contributed by atoms with Crippen LogP contribution < -0.4 is 5.32 Å². The van der Waals surface area contributed by atoms with Gasteiger partial charge in [0.15, 0.2) is 5.69 Å². The van der Waals surface area contributed by atoms with Crippen LogP contribution >= 0.6 is 0 Å². The Bertz CT molecular complexity index is 973. The number of benzene rings is 1. The number of para-hydroxylation sites is 1. The molecular formula is C17H18N6O2. The molecule has 0 aliphatic carbocycles. The Kier molecular flexibility index (Phi) is 3.52. The molecule has 0 radical (unpaired) electrons. The first kappa shape index (κ1) is 15.4. The van der Waals surface area contributed by atoms with E-state index in [0.717, 1.165) is 16.6 Å². The highest BCUT2D eigenvalue weighted by atomic mass is 16.2. The number of fused-ring (bicyclic) bond motifs is 2.